The molecule has 0 aromatic heterocycles. The van der Waals surface area contributed by atoms with Gasteiger partial charge in [0.25, 0.3) is 0 Å². The van der Waals surface area contributed by atoms with Crippen molar-refractivity contribution in [3.8, 4) is 0 Å². The van der Waals surface area contributed by atoms with Crippen LogP contribution in [0.1, 0.15) is 19.4 Å². The highest BCUT2D eigenvalue weighted by Crippen LogP contribution is 2.18. The molecule has 94 valence electrons. The summed E-state index contributed by atoms with van der Waals surface area (Å²) < 4.78 is 0. The van der Waals surface area contributed by atoms with Crippen molar-refractivity contribution in [3.05, 3.63) is 29.8 Å². The van der Waals surface area contributed by atoms with Crippen LogP contribution in [0.5, 0.6) is 0 Å². The Morgan fingerprint density at radius 1 is 1.18 bits per heavy atom. The SMILES string of the molecule is CCNCc1ccc(SCC(=O)NCC)cc1. The lowest BCUT2D eigenvalue weighted by Crippen LogP contribution is -2.24. The topological polar surface area (TPSA) is 41.1 Å². The molecule has 0 aliphatic rings. The predicted molar refractivity (Wildman–Crippen MR) is 73.2 cm³/mol. The molecule has 1 amide bonds. The van der Waals surface area contributed by atoms with Crippen LogP contribution in [-0.2, 0) is 11.3 Å². The van der Waals surface area contributed by atoms with E-state index in [4.69, 9.17) is 0 Å². The summed E-state index contributed by atoms with van der Waals surface area (Å²) in [5.41, 5.74) is 1.27. The van der Waals surface area contributed by atoms with Crippen LogP contribution in [0.4, 0.5) is 0 Å². The second-order valence-corrected chi connectivity index (χ2v) is 4.72. The van der Waals surface area contributed by atoms with Crippen LogP contribution >= 0.6 is 11.8 Å². The number of benzene rings is 1. The Morgan fingerprint density at radius 3 is 2.47 bits per heavy atom. The number of carbonyl (C=O) groups excluding carboxylic acids is 1. The molecule has 17 heavy (non-hydrogen) atoms. The molecular formula is C13H20N2OS. The lowest BCUT2D eigenvalue weighted by Gasteiger charge is -2.05. The number of hydrogen-bond acceptors (Lipinski definition) is 3. The second-order valence-electron chi connectivity index (χ2n) is 3.67. The minimum Gasteiger partial charge on any atom is -0.356 e. The number of thioether (sulfide) groups is 1. The molecule has 0 heterocycles. The van der Waals surface area contributed by atoms with E-state index in [0.29, 0.717) is 12.3 Å². The van der Waals surface area contributed by atoms with Gasteiger partial charge in [-0.05, 0) is 31.2 Å². The number of nitrogens with one attached hydrogen (secondary N) is 2. The average Bonchev–Trinajstić information content (AvgIpc) is 2.35. The van der Waals surface area contributed by atoms with Crippen molar-refractivity contribution in [2.24, 2.45) is 0 Å². The molecule has 2 N–H and O–H groups in total. The van der Waals surface area contributed by atoms with Crippen molar-refractivity contribution < 1.29 is 4.79 Å². The van der Waals surface area contributed by atoms with E-state index in [1.54, 1.807) is 11.8 Å². The van der Waals surface area contributed by atoms with E-state index in [-0.39, 0.29) is 5.91 Å². The lowest BCUT2D eigenvalue weighted by atomic mass is 10.2. The normalized spacial score (nSPS) is 10.2. The van der Waals surface area contributed by atoms with Crippen molar-refractivity contribution in [3.63, 3.8) is 0 Å². The molecule has 0 atom stereocenters. The fourth-order valence-corrected chi connectivity index (χ4v) is 2.10. The molecule has 0 aliphatic carbocycles. The van der Waals surface area contributed by atoms with Crippen molar-refractivity contribution in [1.29, 1.82) is 0 Å². The van der Waals surface area contributed by atoms with Gasteiger partial charge in [0.2, 0.25) is 5.91 Å². The van der Waals surface area contributed by atoms with E-state index in [1.165, 1.54) is 5.56 Å². The Morgan fingerprint density at radius 2 is 1.88 bits per heavy atom. The van der Waals surface area contributed by atoms with E-state index in [2.05, 4.69) is 41.8 Å². The molecule has 0 saturated heterocycles. The first-order valence-electron chi connectivity index (χ1n) is 5.95. The van der Waals surface area contributed by atoms with E-state index in [0.717, 1.165) is 18.0 Å². The van der Waals surface area contributed by atoms with Crippen LogP contribution in [0.15, 0.2) is 29.2 Å². The maximum atomic E-state index is 11.3. The monoisotopic (exact) mass is 252 g/mol. The Balaban J connectivity index is 2.37. The van der Waals surface area contributed by atoms with Crippen LogP contribution in [-0.4, -0.2) is 24.7 Å². The maximum absolute atomic E-state index is 11.3. The van der Waals surface area contributed by atoms with Gasteiger partial charge in [0.15, 0.2) is 0 Å². The summed E-state index contributed by atoms with van der Waals surface area (Å²) >= 11 is 1.57. The molecule has 0 unspecified atom stereocenters. The third-order valence-corrected chi connectivity index (χ3v) is 3.26. The highest BCUT2D eigenvalue weighted by molar-refractivity contribution is 8.00. The Hall–Kier alpha value is -1.00. The minimum atomic E-state index is 0.0919. The Labute approximate surface area is 107 Å². The first-order chi connectivity index (χ1) is 8.26. The zero-order chi connectivity index (χ0) is 12.5. The van der Waals surface area contributed by atoms with Gasteiger partial charge in [-0.2, -0.15) is 0 Å². The third-order valence-electron chi connectivity index (χ3n) is 2.25. The third kappa shape index (κ3) is 5.75. The van der Waals surface area contributed by atoms with Gasteiger partial charge < -0.3 is 10.6 Å². The van der Waals surface area contributed by atoms with Crippen LogP contribution in [0, 0.1) is 0 Å². The molecule has 3 nitrogen and oxygen atoms in total. The van der Waals surface area contributed by atoms with Crippen LogP contribution < -0.4 is 10.6 Å². The second kappa shape index (κ2) is 8.14. The summed E-state index contributed by atoms with van der Waals surface area (Å²) in [6.07, 6.45) is 0. The number of amides is 1. The summed E-state index contributed by atoms with van der Waals surface area (Å²) in [7, 11) is 0. The molecule has 1 aromatic carbocycles. The van der Waals surface area contributed by atoms with Crippen LogP contribution in [0.3, 0.4) is 0 Å². The first-order valence-corrected chi connectivity index (χ1v) is 6.94. The predicted octanol–water partition coefficient (Wildman–Crippen LogP) is 2.02. The Kier molecular flexibility index (Phi) is 6.74. The zero-order valence-electron chi connectivity index (χ0n) is 10.5. The molecule has 1 aromatic rings. The highest BCUT2D eigenvalue weighted by Gasteiger charge is 2.01. The molecule has 0 bridgehead atoms. The molecule has 4 heteroatoms. The van der Waals surface area contributed by atoms with Crippen LogP contribution in [0.2, 0.25) is 0 Å². The van der Waals surface area contributed by atoms with E-state index >= 15 is 0 Å². The molecular weight excluding hydrogens is 232 g/mol. The summed E-state index contributed by atoms with van der Waals surface area (Å²) in [4.78, 5) is 12.4. The zero-order valence-corrected chi connectivity index (χ0v) is 11.3. The number of rotatable bonds is 7. The van der Waals surface area contributed by atoms with Gasteiger partial charge in [-0.1, -0.05) is 19.1 Å². The molecule has 0 saturated carbocycles. The Bertz CT molecular complexity index is 338. The van der Waals surface area contributed by atoms with E-state index in [9.17, 15) is 4.79 Å². The standard InChI is InChI=1S/C13H20N2OS/c1-3-14-9-11-5-7-12(8-6-11)17-10-13(16)15-4-2/h5-8,14H,3-4,9-10H2,1-2H3,(H,15,16). The fourth-order valence-electron chi connectivity index (χ4n) is 1.37. The molecule has 0 radical (unpaired) electrons. The molecule has 1 rings (SSSR count). The van der Waals surface area contributed by atoms with Gasteiger partial charge in [0, 0.05) is 18.0 Å². The quantitative estimate of drug-likeness (QED) is 0.730. The van der Waals surface area contributed by atoms with Crippen LogP contribution in [0.25, 0.3) is 0 Å². The minimum absolute atomic E-state index is 0.0919. The fraction of sp³-hybridized carbons (Fsp3) is 0.462. The van der Waals surface area contributed by atoms with Crippen molar-refractivity contribution in [2.75, 3.05) is 18.8 Å². The largest absolute Gasteiger partial charge is 0.356 e. The van der Waals surface area contributed by atoms with Gasteiger partial charge in [0.05, 0.1) is 5.75 Å². The average molecular weight is 252 g/mol. The lowest BCUT2D eigenvalue weighted by molar-refractivity contribution is -0.118. The summed E-state index contributed by atoms with van der Waals surface area (Å²) in [5.74, 6) is 0.578. The molecule has 0 fully saturated rings. The van der Waals surface area contributed by atoms with E-state index < -0.39 is 0 Å². The summed E-state index contributed by atoms with van der Waals surface area (Å²) in [6, 6.07) is 8.33. The van der Waals surface area contributed by atoms with Crippen molar-refractivity contribution in [1.82, 2.24) is 10.6 Å². The summed E-state index contributed by atoms with van der Waals surface area (Å²) in [6.45, 7) is 6.60. The highest BCUT2D eigenvalue weighted by atomic mass is 32.2. The van der Waals surface area contributed by atoms with E-state index in [1.807, 2.05) is 6.92 Å². The van der Waals surface area contributed by atoms with Gasteiger partial charge in [-0.3, -0.25) is 4.79 Å². The molecule has 0 aliphatic heterocycles. The van der Waals surface area contributed by atoms with Gasteiger partial charge >= 0.3 is 0 Å². The maximum Gasteiger partial charge on any atom is 0.230 e. The number of hydrogen-bond donors (Lipinski definition) is 2. The van der Waals surface area contributed by atoms with Gasteiger partial charge in [-0.15, -0.1) is 11.8 Å². The van der Waals surface area contributed by atoms with Gasteiger partial charge in [-0.25, -0.2) is 0 Å². The first kappa shape index (κ1) is 14.1. The van der Waals surface area contributed by atoms with Crippen molar-refractivity contribution in [2.45, 2.75) is 25.3 Å². The number of carbonyl (C=O) groups is 1. The van der Waals surface area contributed by atoms with Gasteiger partial charge in [0.1, 0.15) is 0 Å². The van der Waals surface area contributed by atoms with Crippen molar-refractivity contribution >= 4 is 17.7 Å². The smallest absolute Gasteiger partial charge is 0.230 e. The molecule has 0 spiro atoms. The summed E-state index contributed by atoms with van der Waals surface area (Å²) in [5, 5.41) is 6.07.